The molecule has 0 bridgehead atoms. The minimum Gasteiger partial charge on any atom is -0.493 e. The number of nitrogens with zero attached hydrogens (tertiary/aromatic N) is 1. The maximum atomic E-state index is 11.9. The minimum absolute atomic E-state index is 0.0107. The monoisotopic (exact) mass is 344 g/mol. The molecule has 8 nitrogen and oxygen atoms in total. The van der Waals surface area contributed by atoms with E-state index in [1.165, 1.54) is 26.3 Å². The summed E-state index contributed by atoms with van der Waals surface area (Å²) in [4.78, 5) is 43.3. The summed E-state index contributed by atoms with van der Waals surface area (Å²) in [5.41, 5.74) is 2.06. The van der Waals surface area contributed by atoms with Gasteiger partial charge < -0.3 is 14.3 Å². The van der Waals surface area contributed by atoms with Gasteiger partial charge in [-0.1, -0.05) is 0 Å². The summed E-state index contributed by atoms with van der Waals surface area (Å²) in [5.74, 6) is 2.78. The van der Waals surface area contributed by atoms with Gasteiger partial charge >= 0.3 is 11.9 Å². The van der Waals surface area contributed by atoms with Gasteiger partial charge in [-0.05, 0) is 12.3 Å². The Morgan fingerprint density at radius 3 is 2.64 bits per heavy atom. The standard InChI is InChI=1S/C17H16N2O6/c1-4-5-10-19-25-15(22)8-6-7-14(21)24-17-13(23-3)9-11-18-16(17)12(2)20/h1,9,11,19H,6-8H2,2-3H3. The lowest BCUT2D eigenvalue weighted by Crippen LogP contribution is -2.16. The van der Waals surface area contributed by atoms with E-state index in [0.29, 0.717) is 0 Å². The van der Waals surface area contributed by atoms with Gasteiger partial charge in [0.05, 0.1) is 13.2 Å². The molecule has 0 unspecified atom stereocenters. The first kappa shape index (κ1) is 19.5. The number of aromatic nitrogens is 1. The quantitative estimate of drug-likeness (QED) is 0.245. The summed E-state index contributed by atoms with van der Waals surface area (Å²) in [6, 6.07) is 3.67. The van der Waals surface area contributed by atoms with Crippen LogP contribution in [0, 0.1) is 24.3 Å². The van der Waals surface area contributed by atoms with E-state index in [0.717, 1.165) is 0 Å². The van der Waals surface area contributed by atoms with Crippen molar-refractivity contribution in [1.82, 2.24) is 10.5 Å². The van der Waals surface area contributed by atoms with Crippen LogP contribution in [0.4, 0.5) is 0 Å². The topological polar surface area (TPSA) is 104 Å². The number of ether oxygens (including phenoxy) is 2. The number of hydrogen-bond donors (Lipinski definition) is 1. The van der Waals surface area contributed by atoms with Crippen molar-refractivity contribution in [3.05, 3.63) is 18.0 Å². The third-order valence-corrected chi connectivity index (χ3v) is 2.75. The molecule has 130 valence electrons. The molecule has 0 aliphatic rings. The lowest BCUT2D eigenvalue weighted by atomic mass is 10.2. The molecule has 0 aliphatic heterocycles. The second-order valence-corrected chi connectivity index (χ2v) is 4.55. The number of Topliss-reactive ketones (excluding diaryl/α,β-unsaturated/α-hetero) is 1. The molecule has 0 saturated carbocycles. The fraction of sp³-hybridized carbons (Fsp3) is 0.294. The summed E-state index contributed by atoms with van der Waals surface area (Å²) in [6.07, 6.45) is 6.33. The van der Waals surface area contributed by atoms with Gasteiger partial charge in [-0.3, -0.25) is 9.59 Å². The molecule has 1 aromatic heterocycles. The molecule has 0 amide bonds. The zero-order chi connectivity index (χ0) is 18.7. The van der Waals surface area contributed by atoms with Gasteiger partial charge in [-0.25, -0.2) is 9.78 Å². The fourth-order valence-electron chi connectivity index (χ4n) is 1.68. The second kappa shape index (κ2) is 10.3. The molecule has 0 saturated heterocycles. The predicted molar refractivity (Wildman–Crippen MR) is 86.1 cm³/mol. The van der Waals surface area contributed by atoms with Gasteiger partial charge in [-0.15, -0.1) is 6.42 Å². The Kier molecular flexibility index (Phi) is 8.04. The number of pyridine rings is 1. The van der Waals surface area contributed by atoms with Crippen molar-refractivity contribution in [3.63, 3.8) is 0 Å². The molecule has 0 aromatic carbocycles. The smallest absolute Gasteiger partial charge is 0.333 e. The van der Waals surface area contributed by atoms with Crippen LogP contribution in [0.3, 0.4) is 0 Å². The largest absolute Gasteiger partial charge is 0.493 e. The Bertz CT molecular complexity index is 755. The number of esters is 1. The first-order chi connectivity index (χ1) is 12.0. The maximum Gasteiger partial charge on any atom is 0.333 e. The molecule has 0 fully saturated rings. The highest BCUT2D eigenvalue weighted by molar-refractivity contribution is 5.96. The van der Waals surface area contributed by atoms with Crippen LogP contribution in [-0.4, -0.2) is 29.8 Å². The molecule has 1 aromatic rings. The zero-order valence-electron chi connectivity index (χ0n) is 13.8. The van der Waals surface area contributed by atoms with Crippen molar-refractivity contribution >= 4 is 17.7 Å². The Balaban J connectivity index is 2.54. The molecule has 25 heavy (non-hydrogen) atoms. The first-order valence-electron chi connectivity index (χ1n) is 7.14. The maximum absolute atomic E-state index is 11.9. The number of carbonyl (C=O) groups excluding carboxylic acids is 3. The first-order valence-corrected chi connectivity index (χ1v) is 7.14. The number of nitrogens with one attached hydrogen (secondary N) is 1. The van der Waals surface area contributed by atoms with Crippen LogP contribution < -0.4 is 15.0 Å². The van der Waals surface area contributed by atoms with Crippen LogP contribution in [-0.2, 0) is 14.4 Å². The van der Waals surface area contributed by atoms with Crippen LogP contribution in [0.2, 0.25) is 0 Å². The molecular formula is C17H16N2O6. The van der Waals surface area contributed by atoms with Crippen LogP contribution in [0.15, 0.2) is 12.3 Å². The number of ketones is 1. The molecule has 0 atom stereocenters. The normalized spacial score (nSPS) is 9.00. The highest BCUT2D eigenvalue weighted by Gasteiger charge is 2.19. The Hall–Kier alpha value is -3.52. The fourth-order valence-corrected chi connectivity index (χ4v) is 1.68. The number of hydrogen-bond acceptors (Lipinski definition) is 8. The van der Waals surface area contributed by atoms with E-state index in [1.54, 1.807) is 0 Å². The van der Waals surface area contributed by atoms with Gasteiger partial charge in [0.15, 0.2) is 17.2 Å². The lowest BCUT2D eigenvalue weighted by molar-refractivity contribution is -0.148. The third-order valence-electron chi connectivity index (χ3n) is 2.75. The average Bonchev–Trinajstić information content (AvgIpc) is 2.58. The van der Waals surface area contributed by atoms with Crippen LogP contribution in [0.25, 0.3) is 0 Å². The molecule has 0 radical (unpaired) electrons. The highest BCUT2D eigenvalue weighted by atomic mass is 16.7. The highest BCUT2D eigenvalue weighted by Crippen LogP contribution is 2.30. The van der Waals surface area contributed by atoms with Gasteiger partial charge in [0, 0.05) is 37.9 Å². The van der Waals surface area contributed by atoms with Crippen molar-refractivity contribution in [2.45, 2.75) is 26.2 Å². The molecule has 1 N–H and O–H groups in total. The van der Waals surface area contributed by atoms with E-state index in [9.17, 15) is 14.4 Å². The number of rotatable bonds is 8. The van der Waals surface area contributed by atoms with Crippen molar-refractivity contribution in [1.29, 1.82) is 0 Å². The average molecular weight is 344 g/mol. The molecule has 0 aliphatic carbocycles. The van der Waals surface area contributed by atoms with E-state index in [1.807, 2.05) is 5.92 Å². The zero-order valence-corrected chi connectivity index (χ0v) is 13.8. The Morgan fingerprint density at radius 1 is 1.28 bits per heavy atom. The Morgan fingerprint density at radius 2 is 2.00 bits per heavy atom. The van der Waals surface area contributed by atoms with E-state index in [4.69, 9.17) is 15.9 Å². The van der Waals surface area contributed by atoms with E-state index in [2.05, 4.69) is 27.3 Å². The summed E-state index contributed by atoms with van der Waals surface area (Å²) < 4.78 is 10.2. The molecule has 8 heteroatoms. The van der Waals surface area contributed by atoms with Crippen molar-refractivity contribution in [2.24, 2.45) is 0 Å². The molecule has 1 rings (SSSR count). The van der Waals surface area contributed by atoms with E-state index < -0.39 is 11.9 Å². The van der Waals surface area contributed by atoms with E-state index >= 15 is 0 Å². The van der Waals surface area contributed by atoms with Gasteiger partial charge in [0.25, 0.3) is 0 Å². The molecular weight excluding hydrogens is 328 g/mol. The van der Waals surface area contributed by atoms with Crippen LogP contribution in [0.5, 0.6) is 11.5 Å². The Labute approximate surface area is 144 Å². The van der Waals surface area contributed by atoms with Gasteiger partial charge in [0.2, 0.25) is 5.75 Å². The molecule has 1 heterocycles. The third kappa shape index (κ3) is 6.63. The minimum atomic E-state index is -0.637. The van der Waals surface area contributed by atoms with Gasteiger partial charge in [0.1, 0.15) is 0 Å². The van der Waals surface area contributed by atoms with Crippen molar-refractivity contribution in [3.8, 4) is 35.8 Å². The summed E-state index contributed by atoms with van der Waals surface area (Å²) in [5, 5.41) is 0. The van der Waals surface area contributed by atoms with E-state index in [-0.39, 0.29) is 42.2 Å². The van der Waals surface area contributed by atoms with Crippen LogP contribution in [0.1, 0.15) is 36.7 Å². The number of hydroxylamine groups is 1. The predicted octanol–water partition coefficient (Wildman–Crippen LogP) is 1.01. The summed E-state index contributed by atoms with van der Waals surface area (Å²) >= 11 is 0. The van der Waals surface area contributed by atoms with Crippen molar-refractivity contribution < 1.29 is 28.7 Å². The summed E-state index contributed by atoms with van der Waals surface area (Å²) in [6.45, 7) is 1.30. The number of methoxy groups -OCH3 is 1. The van der Waals surface area contributed by atoms with Crippen molar-refractivity contribution in [2.75, 3.05) is 7.11 Å². The number of carbonyl (C=O) groups is 3. The van der Waals surface area contributed by atoms with Crippen LogP contribution >= 0.6 is 0 Å². The van der Waals surface area contributed by atoms with Gasteiger partial charge in [-0.2, -0.15) is 5.48 Å². The lowest BCUT2D eigenvalue weighted by Gasteiger charge is -2.11. The summed E-state index contributed by atoms with van der Waals surface area (Å²) in [7, 11) is 1.38. The number of terminal acetylenes is 1. The second-order valence-electron chi connectivity index (χ2n) is 4.55. The SMILES string of the molecule is C#CC#CNOC(=O)CCCC(=O)Oc1c(OC)ccnc1C(C)=O. The molecule has 0 spiro atoms.